The number of allylic oxidation sites excluding steroid dienone is 2. The summed E-state index contributed by atoms with van der Waals surface area (Å²) in [7, 11) is 1.64. The zero-order chi connectivity index (χ0) is 9.72. The molecule has 0 radical (unpaired) electrons. The van der Waals surface area contributed by atoms with Crippen molar-refractivity contribution in [3.63, 3.8) is 0 Å². The lowest BCUT2D eigenvalue weighted by atomic mass is 10.0. The highest BCUT2D eigenvalue weighted by Gasteiger charge is 2.03. The lowest BCUT2D eigenvalue weighted by molar-refractivity contribution is -0.111. The Labute approximate surface area is 74.4 Å². The van der Waals surface area contributed by atoms with E-state index in [4.69, 9.17) is 0 Å². The summed E-state index contributed by atoms with van der Waals surface area (Å²) in [5.74, 6) is 0.499. The van der Waals surface area contributed by atoms with Crippen LogP contribution in [0.4, 0.5) is 0 Å². The Morgan fingerprint density at radius 2 is 1.83 bits per heavy atom. The van der Waals surface area contributed by atoms with Crippen molar-refractivity contribution in [2.24, 2.45) is 10.9 Å². The molecule has 0 aromatic heterocycles. The van der Waals surface area contributed by atoms with Crippen LogP contribution in [0.3, 0.4) is 0 Å². The number of Topliss-reactive ketones (excluding diaryl/α,β-unsaturated/α-hetero) is 1. The lowest BCUT2D eigenvalue weighted by Crippen LogP contribution is -2.08. The minimum absolute atomic E-state index is 0.0255. The van der Waals surface area contributed by atoms with Gasteiger partial charge in [0.05, 0.1) is 5.71 Å². The van der Waals surface area contributed by atoms with Crippen LogP contribution in [0.1, 0.15) is 27.7 Å². The summed E-state index contributed by atoms with van der Waals surface area (Å²) < 4.78 is 0. The lowest BCUT2D eigenvalue weighted by Gasteiger charge is -2.04. The van der Waals surface area contributed by atoms with E-state index in [-0.39, 0.29) is 5.78 Å². The normalized spacial score (nSPS) is 13.8. The number of hydrogen-bond acceptors (Lipinski definition) is 2. The second kappa shape index (κ2) is 4.86. The van der Waals surface area contributed by atoms with Crippen molar-refractivity contribution in [1.82, 2.24) is 0 Å². The van der Waals surface area contributed by atoms with Gasteiger partial charge in [-0.05, 0) is 18.9 Å². The second-order valence-electron chi connectivity index (χ2n) is 3.21. The van der Waals surface area contributed by atoms with Crippen molar-refractivity contribution < 1.29 is 4.79 Å². The smallest absolute Gasteiger partial charge is 0.177 e. The first kappa shape index (κ1) is 11.1. The van der Waals surface area contributed by atoms with Crippen LogP contribution in [0.15, 0.2) is 16.6 Å². The Morgan fingerprint density at radius 1 is 1.33 bits per heavy atom. The Kier molecular flexibility index (Phi) is 4.49. The monoisotopic (exact) mass is 167 g/mol. The number of carbonyl (C=O) groups excluding carboxylic acids is 1. The minimum Gasteiger partial charge on any atom is -0.293 e. The van der Waals surface area contributed by atoms with Crippen LogP contribution in [0.25, 0.3) is 0 Å². The van der Waals surface area contributed by atoms with E-state index in [1.54, 1.807) is 7.05 Å². The summed E-state index contributed by atoms with van der Waals surface area (Å²) in [4.78, 5) is 14.9. The summed E-state index contributed by atoms with van der Waals surface area (Å²) in [6.07, 6.45) is 1.85. The summed E-state index contributed by atoms with van der Waals surface area (Å²) in [5.41, 5.74) is 1.74. The molecule has 0 saturated carbocycles. The molecule has 0 amide bonds. The van der Waals surface area contributed by atoms with Crippen LogP contribution in [0.5, 0.6) is 0 Å². The SMILES string of the molecule is C/N=C(\C=C(\C)C(C)C)C(C)=O. The van der Waals surface area contributed by atoms with E-state index in [9.17, 15) is 4.79 Å². The van der Waals surface area contributed by atoms with Gasteiger partial charge >= 0.3 is 0 Å². The third-order valence-electron chi connectivity index (χ3n) is 1.88. The molecular formula is C10H17NO. The van der Waals surface area contributed by atoms with Crippen molar-refractivity contribution in [2.45, 2.75) is 27.7 Å². The maximum absolute atomic E-state index is 11.0. The van der Waals surface area contributed by atoms with Crippen LogP contribution in [0.2, 0.25) is 0 Å². The predicted molar refractivity (Wildman–Crippen MR) is 52.6 cm³/mol. The van der Waals surface area contributed by atoms with Crippen LogP contribution in [-0.2, 0) is 4.79 Å². The third-order valence-corrected chi connectivity index (χ3v) is 1.88. The Hall–Kier alpha value is -0.920. The van der Waals surface area contributed by atoms with E-state index in [1.807, 2.05) is 13.0 Å². The van der Waals surface area contributed by atoms with Crippen molar-refractivity contribution in [2.75, 3.05) is 7.05 Å². The molecule has 0 fully saturated rings. The van der Waals surface area contributed by atoms with Gasteiger partial charge in [-0.3, -0.25) is 9.79 Å². The quantitative estimate of drug-likeness (QED) is 0.593. The van der Waals surface area contributed by atoms with Gasteiger partial charge in [-0.2, -0.15) is 0 Å². The van der Waals surface area contributed by atoms with Gasteiger partial charge in [-0.15, -0.1) is 0 Å². The topological polar surface area (TPSA) is 29.4 Å². The molecule has 0 aliphatic rings. The first-order valence-corrected chi connectivity index (χ1v) is 4.15. The minimum atomic E-state index is 0.0255. The summed E-state index contributed by atoms with van der Waals surface area (Å²) >= 11 is 0. The molecule has 0 aliphatic heterocycles. The van der Waals surface area contributed by atoms with Gasteiger partial charge in [-0.25, -0.2) is 0 Å². The number of aliphatic imine (C=N–C) groups is 1. The first-order chi connectivity index (χ1) is 5.49. The molecular weight excluding hydrogens is 150 g/mol. The summed E-state index contributed by atoms with van der Waals surface area (Å²) in [6.45, 7) is 7.74. The van der Waals surface area contributed by atoms with Gasteiger partial charge in [0.15, 0.2) is 5.78 Å². The zero-order valence-electron chi connectivity index (χ0n) is 8.51. The molecule has 0 unspecified atom stereocenters. The maximum Gasteiger partial charge on any atom is 0.177 e. The van der Waals surface area contributed by atoms with E-state index in [0.717, 1.165) is 0 Å². The molecule has 2 nitrogen and oxygen atoms in total. The molecule has 0 rings (SSSR count). The van der Waals surface area contributed by atoms with Crippen molar-refractivity contribution in [3.8, 4) is 0 Å². The van der Waals surface area contributed by atoms with Crippen molar-refractivity contribution >= 4 is 11.5 Å². The van der Waals surface area contributed by atoms with Crippen LogP contribution < -0.4 is 0 Å². The summed E-state index contributed by atoms with van der Waals surface area (Å²) in [6, 6.07) is 0. The van der Waals surface area contributed by atoms with Crippen molar-refractivity contribution in [3.05, 3.63) is 11.6 Å². The average molecular weight is 167 g/mol. The van der Waals surface area contributed by atoms with Crippen LogP contribution >= 0.6 is 0 Å². The Morgan fingerprint density at radius 3 is 2.08 bits per heavy atom. The maximum atomic E-state index is 11.0. The molecule has 0 aromatic carbocycles. The fraction of sp³-hybridized carbons (Fsp3) is 0.600. The summed E-state index contributed by atoms with van der Waals surface area (Å²) in [5, 5.41) is 0. The molecule has 0 bridgehead atoms. The van der Waals surface area contributed by atoms with E-state index in [2.05, 4.69) is 18.8 Å². The number of ketones is 1. The van der Waals surface area contributed by atoms with Gasteiger partial charge in [0.2, 0.25) is 0 Å². The van der Waals surface area contributed by atoms with E-state index < -0.39 is 0 Å². The van der Waals surface area contributed by atoms with Gasteiger partial charge in [0.1, 0.15) is 0 Å². The molecule has 2 heteroatoms. The molecule has 0 aromatic rings. The Bertz CT molecular complexity index is 224. The van der Waals surface area contributed by atoms with Gasteiger partial charge in [-0.1, -0.05) is 19.4 Å². The zero-order valence-corrected chi connectivity index (χ0v) is 8.51. The van der Waals surface area contributed by atoms with Gasteiger partial charge < -0.3 is 0 Å². The van der Waals surface area contributed by atoms with E-state index in [0.29, 0.717) is 11.6 Å². The molecule has 12 heavy (non-hydrogen) atoms. The third kappa shape index (κ3) is 3.46. The van der Waals surface area contributed by atoms with Gasteiger partial charge in [0, 0.05) is 14.0 Å². The highest BCUT2D eigenvalue weighted by Crippen LogP contribution is 2.07. The molecule has 0 spiro atoms. The second-order valence-corrected chi connectivity index (χ2v) is 3.21. The molecule has 0 aliphatic carbocycles. The molecule has 68 valence electrons. The van der Waals surface area contributed by atoms with Gasteiger partial charge in [0.25, 0.3) is 0 Å². The predicted octanol–water partition coefficient (Wildman–Crippen LogP) is 2.25. The highest BCUT2D eigenvalue weighted by atomic mass is 16.1. The molecule has 0 heterocycles. The van der Waals surface area contributed by atoms with Crippen LogP contribution in [0, 0.1) is 5.92 Å². The Balaban J connectivity index is 4.60. The molecule has 0 N–H and O–H groups in total. The average Bonchev–Trinajstić information content (AvgIpc) is 1.98. The number of nitrogens with zero attached hydrogens (tertiary/aromatic N) is 1. The standard InChI is InChI=1S/C10H17NO/c1-7(2)8(3)6-10(11-5)9(4)12/h6-7H,1-5H3/b8-6-,11-10+. The highest BCUT2D eigenvalue weighted by molar-refractivity contribution is 6.43. The first-order valence-electron chi connectivity index (χ1n) is 4.15. The molecule has 0 saturated heterocycles. The van der Waals surface area contributed by atoms with Crippen molar-refractivity contribution in [1.29, 1.82) is 0 Å². The largest absolute Gasteiger partial charge is 0.293 e. The fourth-order valence-electron chi connectivity index (χ4n) is 0.706. The number of carbonyl (C=O) groups is 1. The number of hydrogen-bond donors (Lipinski definition) is 0. The van der Waals surface area contributed by atoms with E-state index in [1.165, 1.54) is 12.5 Å². The van der Waals surface area contributed by atoms with Crippen LogP contribution in [-0.4, -0.2) is 18.5 Å². The fourth-order valence-corrected chi connectivity index (χ4v) is 0.706. The van der Waals surface area contributed by atoms with E-state index >= 15 is 0 Å². The molecule has 0 atom stereocenters. The number of rotatable bonds is 3.